The van der Waals surface area contributed by atoms with Gasteiger partial charge >= 0.3 is 0 Å². The van der Waals surface area contributed by atoms with E-state index in [1.165, 1.54) is 16.4 Å². The second-order valence-electron chi connectivity index (χ2n) is 6.86. The molecular weight excluding hydrogens is 428 g/mol. The van der Waals surface area contributed by atoms with Crippen LogP contribution in [0.2, 0.25) is 0 Å². The van der Waals surface area contributed by atoms with E-state index in [0.29, 0.717) is 30.3 Å². The minimum Gasteiger partial charge on any atom is -0.491 e. The zero-order chi connectivity index (χ0) is 23.0. The molecule has 0 heterocycles. The highest BCUT2D eigenvalue weighted by Crippen LogP contribution is 2.24. The van der Waals surface area contributed by atoms with Crippen molar-refractivity contribution in [2.24, 2.45) is 0 Å². The molecule has 3 aromatic rings. The van der Waals surface area contributed by atoms with Crippen molar-refractivity contribution in [2.75, 3.05) is 36.5 Å². The van der Waals surface area contributed by atoms with E-state index >= 15 is 0 Å². The molecule has 0 bridgehead atoms. The Balaban J connectivity index is 1.80. The van der Waals surface area contributed by atoms with Crippen LogP contribution in [0.15, 0.2) is 83.8 Å². The maximum Gasteiger partial charge on any atom is 0.264 e. The van der Waals surface area contributed by atoms with E-state index in [9.17, 15) is 13.2 Å². The highest BCUT2D eigenvalue weighted by molar-refractivity contribution is 7.92. The molecule has 0 aromatic heterocycles. The number of carbonyl (C=O) groups excluding carboxylic acids is 1. The predicted octanol–water partition coefficient (Wildman–Crippen LogP) is 4.18. The Bertz CT molecular complexity index is 1150. The summed E-state index contributed by atoms with van der Waals surface area (Å²) in [4.78, 5) is 12.8. The van der Waals surface area contributed by atoms with Crippen molar-refractivity contribution in [1.29, 1.82) is 0 Å². The molecule has 0 aliphatic heterocycles. The quantitative estimate of drug-likeness (QED) is 0.465. The number of hydrogen-bond donors (Lipinski definition) is 1. The summed E-state index contributed by atoms with van der Waals surface area (Å²) in [6.07, 6.45) is 0. The summed E-state index contributed by atoms with van der Waals surface area (Å²) in [7, 11) is -2.24. The molecule has 0 atom stereocenters. The predicted molar refractivity (Wildman–Crippen MR) is 125 cm³/mol. The normalized spacial score (nSPS) is 11.1. The Morgan fingerprint density at radius 1 is 0.938 bits per heavy atom. The van der Waals surface area contributed by atoms with Gasteiger partial charge in [0.25, 0.3) is 15.9 Å². The zero-order valence-corrected chi connectivity index (χ0v) is 18.8. The fourth-order valence-corrected chi connectivity index (χ4v) is 4.64. The molecule has 0 saturated heterocycles. The number of amides is 1. The van der Waals surface area contributed by atoms with Gasteiger partial charge in [-0.2, -0.15) is 0 Å². The van der Waals surface area contributed by atoms with Crippen molar-refractivity contribution in [3.8, 4) is 5.75 Å². The molecule has 0 aliphatic rings. The number of nitrogens with zero attached hydrogens (tertiary/aromatic N) is 1. The number of para-hydroxylation sites is 1. The van der Waals surface area contributed by atoms with E-state index in [2.05, 4.69) is 5.32 Å². The van der Waals surface area contributed by atoms with Gasteiger partial charge in [-0.25, -0.2) is 8.42 Å². The number of nitrogens with one attached hydrogen (secondary N) is 1. The van der Waals surface area contributed by atoms with Gasteiger partial charge in [-0.05, 0) is 49.4 Å². The van der Waals surface area contributed by atoms with Gasteiger partial charge in [-0.15, -0.1) is 0 Å². The number of rotatable bonds is 10. The lowest BCUT2D eigenvalue weighted by molar-refractivity contribution is 0.102. The summed E-state index contributed by atoms with van der Waals surface area (Å²) in [6.45, 7) is 2.88. The van der Waals surface area contributed by atoms with E-state index in [1.54, 1.807) is 74.7 Å². The fourth-order valence-electron chi connectivity index (χ4n) is 3.12. The molecular formula is C24H26N2O5S. The van der Waals surface area contributed by atoms with Crippen molar-refractivity contribution in [1.82, 2.24) is 0 Å². The lowest BCUT2D eigenvalue weighted by Gasteiger charge is -2.23. The van der Waals surface area contributed by atoms with E-state index in [0.717, 1.165) is 0 Å². The molecule has 0 saturated carbocycles. The summed E-state index contributed by atoms with van der Waals surface area (Å²) in [5, 5.41) is 2.78. The summed E-state index contributed by atoms with van der Waals surface area (Å²) in [5.41, 5.74) is 1.34. The van der Waals surface area contributed by atoms with E-state index in [1.807, 2.05) is 6.07 Å². The van der Waals surface area contributed by atoms with Crippen molar-refractivity contribution < 1.29 is 22.7 Å². The van der Waals surface area contributed by atoms with Gasteiger partial charge in [-0.3, -0.25) is 9.10 Å². The fraction of sp³-hybridized carbons (Fsp3) is 0.208. The summed E-state index contributed by atoms with van der Waals surface area (Å²) >= 11 is 0. The van der Waals surface area contributed by atoms with Crippen molar-refractivity contribution in [3.63, 3.8) is 0 Å². The Hall–Kier alpha value is -3.36. The highest BCUT2D eigenvalue weighted by Gasteiger charge is 2.24. The molecule has 32 heavy (non-hydrogen) atoms. The number of hydrogen-bond acceptors (Lipinski definition) is 5. The molecule has 8 heteroatoms. The molecule has 168 valence electrons. The van der Waals surface area contributed by atoms with Crippen LogP contribution in [0.25, 0.3) is 0 Å². The van der Waals surface area contributed by atoms with Gasteiger partial charge in [0.05, 0.1) is 17.2 Å². The third kappa shape index (κ3) is 5.66. The minimum atomic E-state index is -3.83. The minimum absolute atomic E-state index is 0.0486. The SMILES string of the molecule is CCN(c1ccccc1)S(=O)(=O)c1cccc(C(=O)Nc2cccc(OCCOC)c2)c1. The number of anilines is 2. The number of sulfonamides is 1. The Kier molecular flexibility index (Phi) is 7.86. The van der Waals surface area contributed by atoms with Crippen LogP contribution in [0.4, 0.5) is 11.4 Å². The summed E-state index contributed by atoms with van der Waals surface area (Å²) in [5.74, 6) is 0.177. The lowest BCUT2D eigenvalue weighted by Crippen LogP contribution is -2.30. The summed E-state index contributed by atoms with van der Waals surface area (Å²) < 4.78 is 38.3. The van der Waals surface area contributed by atoms with Crippen LogP contribution in [0.1, 0.15) is 17.3 Å². The first kappa shape index (κ1) is 23.3. The van der Waals surface area contributed by atoms with Gasteiger partial charge in [-0.1, -0.05) is 30.3 Å². The maximum atomic E-state index is 13.2. The molecule has 0 fully saturated rings. The van der Waals surface area contributed by atoms with Gasteiger partial charge < -0.3 is 14.8 Å². The van der Waals surface area contributed by atoms with E-state index < -0.39 is 15.9 Å². The zero-order valence-electron chi connectivity index (χ0n) is 18.0. The molecule has 1 amide bonds. The Morgan fingerprint density at radius 2 is 1.69 bits per heavy atom. The Morgan fingerprint density at radius 3 is 2.41 bits per heavy atom. The average Bonchev–Trinajstić information content (AvgIpc) is 2.81. The third-order valence-corrected chi connectivity index (χ3v) is 6.56. The van der Waals surface area contributed by atoms with E-state index in [4.69, 9.17) is 9.47 Å². The van der Waals surface area contributed by atoms with Crippen LogP contribution >= 0.6 is 0 Å². The smallest absolute Gasteiger partial charge is 0.264 e. The maximum absolute atomic E-state index is 13.2. The molecule has 0 radical (unpaired) electrons. The second kappa shape index (κ2) is 10.8. The topological polar surface area (TPSA) is 84.9 Å². The molecule has 0 aliphatic carbocycles. The molecule has 3 rings (SSSR count). The van der Waals surface area contributed by atoms with E-state index in [-0.39, 0.29) is 17.0 Å². The largest absolute Gasteiger partial charge is 0.491 e. The molecule has 7 nitrogen and oxygen atoms in total. The van der Waals surface area contributed by atoms with Gasteiger partial charge in [0.15, 0.2) is 0 Å². The summed E-state index contributed by atoms with van der Waals surface area (Å²) in [6, 6.07) is 21.8. The van der Waals surface area contributed by atoms with Crippen LogP contribution in [0, 0.1) is 0 Å². The monoisotopic (exact) mass is 454 g/mol. The third-order valence-electron chi connectivity index (χ3n) is 4.66. The van der Waals surface area contributed by atoms with Crippen LogP contribution in [0.5, 0.6) is 5.75 Å². The van der Waals surface area contributed by atoms with Crippen LogP contribution in [-0.2, 0) is 14.8 Å². The average molecular weight is 455 g/mol. The number of benzene rings is 3. The molecule has 0 unspecified atom stereocenters. The van der Waals surface area contributed by atoms with Crippen molar-refractivity contribution in [2.45, 2.75) is 11.8 Å². The molecule has 3 aromatic carbocycles. The van der Waals surface area contributed by atoms with Gasteiger partial charge in [0.1, 0.15) is 12.4 Å². The standard InChI is InChI=1S/C24H26N2O5S/c1-3-26(21-11-5-4-6-12-21)32(28,29)23-14-7-9-19(17-23)24(27)25-20-10-8-13-22(18-20)31-16-15-30-2/h4-14,17-18H,3,15-16H2,1-2H3,(H,25,27). The number of methoxy groups -OCH3 is 1. The first-order valence-corrected chi connectivity index (χ1v) is 11.6. The number of carbonyl (C=O) groups is 1. The van der Waals surface area contributed by atoms with Crippen molar-refractivity contribution in [3.05, 3.63) is 84.4 Å². The van der Waals surface area contributed by atoms with Gasteiger partial charge in [0, 0.05) is 31.0 Å². The molecule has 0 spiro atoms. The van der Waals surface area contributed by atoms with Crippen LogP contribution in [0.3, 0.4) is 0 Å². The lowest BCUT2D eigenvalue weighted by atomic mass is 10.2. The first-order valence-electron chi connectivity index (χ1n) is 10.2. The highest BCUT2D eigenvalue weighted by atomic mass is 32.2. The second-order valence-corrected chi connectivity index (χ2v) is 8.72. The molecule has 1 N–H and O–H groups in total. The van der Waals surface area contributed by atoms with Crippen LogP contribution in [-0.4, -0.2) is 41.2 Å². The number of ether oxygens (including phenoxy) is 2. The van der Waals surface area contributed by atoms with Gasteiger partial charge in [0.2, 0.25) is 0 Å². The van der Waals surface area contributed by atoms with Crippen molar-refractivity contribution >= 4 is 27.3 Å². The Labute approximate surface area is 188 Å². The van der Waals surface area contributed by atoms with Crippen LogP contribution < -0.4 is 14.4 Å². The first-order chi connectivity index (χ1) is 15.5.